The molecule has 0 saturated carbocycles. The molecule has 0 radical (unpaired) electrons. The standard InChI is InChI=1S/C9H13F3N2O2/c1-4-7(15)14(6-9(10,11)12)5-8(16)13(2)3/h4H,1,5-6H2,2-3H3. The number of carbonyl (C=O) groups excluding carboxylic acids is 2. The summed E-state index contributed by atoms with van der Waals surface area (Å²) >= 11 is 0. The van der Waals surface area contributed by atoms with Crippen molar-refractivity contribution in [1.82, 2.24) is 9.80 Å². The molecule has 0 rings (SSSR count). The molecular weight excluding hydrogens is 225 g/mol. The van der Waals surface area contributed by atoms with Gasteiger partial charge in [-0.25, -0.2) is 0 Å². The van der Waals surface area contributed by atoms with E-state index in [1.54, 1.807) is 0 Å². The van der Waals surface area contributed by atoms with Gasteiger partial charge in [-0.2, -0.15) is 13.2 Å². The topological polar surface area (TPSA) is 40.6 Å². The Bertz CT molecular complexity index is 287. The highest BCUT2D eigenvalue weighted by molar-refractivity contribution is 5.90. The number of halogens is 3. The smallest absolute Gasteiger partial charge is 0.347 e. The largest absolute Gasteiger partial charge is 0.406 e. The van der Waals surface area contributed by atoms with Gasteiger partial charge < -0.3 is 9.80 Å². The van der Waals surface area contributed by atoms with E-state index in [4.69, 9.17) is 0 Å². The molecule has 16 heavy (non-hydrogen) atoms. The SMILES string of the molecule is C=CC(=O)N(CC(=O)N(C)C)CC(F)(F)F. The molecule has 0 aromatic carbocycles. The molecule has 0 aliphatic rings. The van der Waals surface area contributed by atoms with E-state index in [1.807, 2.05) is 0 Å². The molecule has 0 N–H and O–H groups in total. The van der Waals surface area contributed by atoms with Gasteiger partial charge in [-0.15, -0.1) is 0 Å². The van der Waals surface area contributed by atoms with Gasteiger partial charge in [-0.3, -0.25) is 9.59 Å². The quantitative estimate of drug-likeness (QED) is 0.675. The zero-order chi connectivity index (χ0) is 12.9. The van der Waals surface area contributed by atoms with E-state index in [1.165, 1.54) is 14.1 Å². The maximum atomic E-state index is 12.1. The highest BCUT2D eigenvalue weighted by atomic mass is 19.4. The van der Waals surface area contributed by atoms with Crippen molar-refractivity contribution in [2.45, 2.75) is 6.18 Å². The van der Waals surface area contributed by atoms with E-state index in [-0.39, 0.29) is 0 Å². The minimum absolute atomic E-state index is 0.398. The van der Waals surface area contributed by atoms with Crippen molar-refractivity contribution in [1.29, 1.82) is 0 Å². The van der Waals surface area contributed by atoms with Gasteiger partial charge in [0.15, 0.2) is 0 Å². The predicted octanol–water partition coefficient (Wildman–Crippen LogP) is 0.651. The van der Waals surface area contributed by atoms with Crippen LogP contribution in [0.5, 0.6) is 0 Å². The van der Waals surface area contributed by atoms with E-state index < -0.39 is 31.1 Å². The number of carbonyl (C=O) groups is 2. The van der Waals surface area contributed by atoms with E-state index in [0.717, 1.165) is 11.0 Å². The van der Waals surface area contributed by atoms with Gasteiger partial charge in [-0.1, -0.05) is 6.58 Å². The van der Waals surface area contributed by atoms with Crippen LogP contribution in [0.15, 0.2) is 12.7 Å². The van der Waals surface area contributed by atoms with E-state index in [9.17, 15) is 22.8 Å². The average molecular weight is 238 g/mol. The second kappa shape index (κ2) is 5.53. The Kier molecular flexibility index (Phi) is 5.00. The lowest BCUT2D eigenvalue weighted by Gasteiger charge is -2.23. The number of nitrogens with zero attached hydrogens (tertiary/aromatic N) is 2. The van der Waals surface area contributed by atoms with Gasteiger partial charge in [0.1, 0.15) is 13.1 Å². The fourth-order valence-electron chi connectivity index (χ4n) is 0.862. The highest BCUT2D eigenvalue weighted by Crippen LogP contribution is 2.16. The molecule has 0 spiro atoms. The van der Waals surface area contributed by atoms with Gasteiger partial charge in [0.05, 0.1) is 0 Å². The van der Waals surface area contributed by atoms with Crippen LogP contribution in [0, 0.1) is 0 Å². The third-order valence-corrected chi connectivity index (χ3v) is 1.68. The van der Waals surface area contributed by atoms with Gasteiger partial charge in [0.2, 0.25) is 11.8 Å². The summed E-state index contributed by atoms with van der Waals surface area (Å²) in [6, 6.07) is 0. The van der Waals surface area contributed by atoms with Crippen molar-refractivity contribution < 1.29 is 22.8 Å². The van der Waals surface area contributed by atoms with Crippen molar-refractivity contribution in [3.8, 4) is 0 Å². The summed E-state index contributed by atoms with van der Waals surface area (Å²) in [5, 5.41) is 0. The zero-order valence-electron chi connectivity index (χ0n) is 9.04. The fraction of sp³-hybridized carbons (Fsp3) is 0.556. The lowest BCUT2D eigenvalue weighted by Crippen LogP contribution is -2.44. The van der Waals surface area contributed by atoms with Crippen LogP contribution in [0.25, 0.3) is 0 Å². The van der Waals surface area contributed by atoms with Crippen LogP contribution in [-0.4, -0.2) is 55.0 Å². The van der Waals surface area contributed by atoms with Gasteiger partial charge in [0, 0.05) is 14.1 Å². The number of hydrogen-bond donors (Lipinski definition) is 0. The first kappa shape index (κ1) is 14.5. The van der Waals surface area contributed by atoms with Crippen LogP contribution >= 0.6 is 0 Å². The summed E-state index contributed by atoms with van der Waals surface area (Å²) in [6.07, 6.45) is -3.79. The summed E-state index contributed by atoms with van der Waals surface area (Å²) < 4.78 is 36.3. The van der Waals surface area contributed by atoms with Gasteiger partial charge in [-0.05, 0) is 6.08 Å². The normalized spacial score (nSPS) is 10.8. The number of alkyl halides is 3. The Hall–Kier alpha value is -1.53. The van der Waals surface area contributed by atoms with E-state index in [2.05, 4.69) is 6.58 Å². The Labute approximate surface area is 91.3 Å². The second-order valence-electron chi connectivity index (χ2n) is 3.30. The molecule has 0 heterocycles. The minimum Gasteiger partial charge on any atom is -0.347 e. The maximum Gasteiger partial charge on any atom is 0.406 e. The predicted molar refractivity (Wildman–Crippen MR) is 51.5 cm³/mol. The highest BCUT2D eigenvalue weighted by Gasteiger charge is 2.33. The first-order chi connectivity index (χ1) is 7.17. The molecule has 0 aliphatic carbocycles. The molecule has 0 aromatic rings. The molecule has 4 nitrogen and oxygen atoms in total. The first-order valence-corrected chi connectivity index (χ1v) is 4.35. The molecular formula is C9H13F3N2O2. The van der Waals surface area contributed by atoms with Crippen LogP contribution in [0.2, 0.25) is 0 Å². The minimum atomic E-state index is -4.54. The molecule has 0 atom stereocenters. The molecule has 2 amide bonds. The lowest BCUT2D eigenvalue weighted by molar-refractivity contribution is -0.161. The molecule has 0 fully saturated rings. The second-order valence-corrected chi connectivity index (χ2v) is 3.30. The summed E-state index contributed by atoms with van der Waals surface area (Å²) in [4.78, 5) is 23.8. The lowest BCUT2D eigenvalue weighted by atomic mass is 10.4. The molecule has 92 valence electrons. The third kappa shape index (κ3) is 5.38. The summed E-state index contributed by atoms with van der Waals surface area (Å²) in [5.41, 5.74) is 0. The zero-order valence-corrected chi connectivity index (χ0v) is 9.04. The number of rotatable bonds is 4. The van der Waals surface area contributed by atoms with Crippen LogP contribution in [0.3, 0.4) is 0 Å². The number of hydrogen-bond acceptors (Lipinski definition) is 2. The maximum absolute atomic E-state index is 12.1. The van der Waals surface area contributed by atoms with E-state index in [0.29, 0.717) is 4.90 Å². The number of amides is 2. The van der Waals surface area contributed by atoms with Crippen LogP contribution in [0.1, 0.15) is 0 Å². The molecule has 7 heteroatoms. The van der Waals surface area contributed by atoms with Gasteiger partial charge >= 0.3 is 6.18 Å². The van der Waals surface area contributed by atoms with Crippen LogP contribution < -0.4 is 0 Å². The molecule has 0 bridgehead atoms. The van der Waals surface area contributed by atoms with Crippen molar-refractivity contribution in [3.63, 3.8) is 0 Å². The first-order valence-electron chi connectivity index (χ1n) is 4.35. The van der Waals surface area contributed by atoms with Crippen molar-refractivity contribution in [2.24, 2.45) is 0 Å². The van der Waals surface area contributed by atoms with E-state index >= 15 is 0 Å². The van der Waals surface area contributed by atoms with Crippen molar-refractivity contribution in [2.75, 3.05) is 27.2 Å². The Morgan fingerprint density at radius 3 is 2.12 bits per heavy atom. The monoisotopic (exact) mass is 238 g/mol. The Morgan fingerprint density at radius 1 is 1.31 bits per heavy atom. The summed E-state index contributed by atoms with van der Waals surface area (Å²) in [7, 11) is 2.79. The Balaban J connectivity index is 4.63. The molecule has 0 saturated heterocycles. The third-order valence-electron chi connectivity index (χ3n) is 1.68. The molecule has 0 unspecified atom stereocenters. The fourth-order valence-corrected chi connectivity index (χ4v) is 0.862. The summed E-state index contributed by atoms with van der Waals surface area (Å²) in [6.45, 7) is 1.01. The van der Waals surface area contributed by atoms with Crippen molar-refractivity contribution in [3.05, 3.63) is 12.7 Å². The number of likely N-dealkylation sites (N-methyl/N-ethyl adjacent to an activating group) is 1. The average Bonchev–Trinajstić information content (AvgIpc) is 2.13. The van der Waals surface area contributed by atoms with Gasteiger partial charge in [0.25, 0.3) is 0 Å². The molecule has 0 aliphatic heterocycles. The molecule has 0 aromatic heterocycles. The van der Waals surface area contributed by atoms with Crippen LogP contribution in [-0.2, 0) is 9.59 Å². The summed E-state index contributed by atoms with van der Waals surface area (Å²) in [5.74, 6) is -1.51. The van der Waals surface area contributed by atoms with Crippen molar-refractivity contribution >= 4 is 11.8 Å². The Morgan fingerprint density at radius 2 is 1.81 bits per heavy atom. The van der Waals surface area contributed by atoms with Crippen LogP contribution in [0.4, 0.5) is 13.2 Å².